The third-order valence-corrected chi connectivity index (χ3v) is 6.95. The van der Waals surface area contributed by atoms with E-state index in [4.69, 9.17) is 20.2 Å². The normalized spacial score (nSPS) is 16.3. The molecule has 9 heteroatoms. The predicted octanol–water partition coefficient (Wildman–Crippen LogP) is 2.61. The largest absolute Gasteiger partial charge is 0.383 e. The van der Waals surface area contributed by atoms with E-state index < -0.39 is 0 Å². The number of methoxy groups -OCH3 is 2. The van der Waals surface area contributed by atoms with Crippen molar-refractivity contribution in [1.82, 2.24) is 14.9 Å². The third kappa shape index (κ3) is 4.94. The molecule has 0 bridgehead atoms. The molecule has 1 aliphatic carbocycles. The first kappa shape index (κ1) is 21.3. The minimum atomic E-state index is 0.0145. The number of carbonyl (C=O) groups is 1. The minimum absolute atomic E-state index is 0.0145. The highest BCUT2D eigenvalue weighted by molar-refractivity contribution is 7.99. The monoisotopic (exact) mass is 424 g/mol. The minimum Gasteiger partial charge on any atom is -0.383 e. The molecule has 0 saturated carbocycles. The standard InChI is InChI=1S/C19H28N4O3S2/c1-12-4-5-13-14(10-12)28-18-16(13)17(20)21-19(22-18)27-11-15(24)23(6-8-25-2)7-9-26-3/h12H,4-11H2,1-3H3,(H2,20,21,22)/t12-/m1/s1. The van der Waals surface area contributed by atoms with E-state index in [0.29, 0.717) is 43.2 Å². The Bertz CT molecular complexity index is 819. The van der Waals surface area contributed by atoms with Crippen molar-refractivity contribution in [2.75, 3.05) is 52.0 Å². The van der Waals surface area contributed by atoms with Gasteiger partial charge >= 0.3 is 0 Å². The van der Waals surface area contributed by atoms with Gasteiger partial charge in [-0.25, -0.2) is 9.97 Å². The van der Waals surface area contributed by atoms with Gasteiger partial charge in [-0.15, -0.1) is 11.3 Å². The number of carbonyl (C=O) groups excluding carboxylic acids is 1. The number of fused-ring (bicyclic) bond motifs is 3. The fourth-order valence-corrected chi connectivity index (χ4v) is 5.60. The first-order valence-electron chi connectivity index (χ1n) is 9.49. The second-order valence-corrected chi connectivity index (χ2v) is 9.10. The molecule has 154 valence electrons. The van der Waals surface area contributed by atoms with Gasteiger partial charge in [0.15, 0.2) is 5.16 Å². The molecule has 0 fully saturated rings. The summed E-state index contributed by atoms with van der Waals surface area (Å²) in [5.41, 5.74) is 7.60. The van der Waals surface area contributed by atoms with E-state index in [1.165, 1.54) is 28.6 Å². The van der Waals surface area contributed by atoms with Crippen LogP contribution in [0.5, 0.6) is 0 Å². The van der Waals surface area contributed by atoms with Gasteiger partial charge in [-0.05, 0) is 30.7 Å². The molecule has 0 aliphatic heterocycles. The summed E-state index contributed by atoms with van der Waals surface area (Å²) in [6.45, 7) is 4.35. The van der Waals surface area contributed by atoms with Crippen LogP contribution in [0.1, 0.15) is 23.8 Å². The number of rotatable bonds is 9. The topological polar surface area (TPSA) is 90.6 Å². The fraction of sp³-hybridized carbons (Fsp3) is 0.632. The zero-order valence-electron chi connectivity index (χ0n) is 16.7. The number of thioether (sulfide) groups is 1. The van der Waals surface area contributed by atoms with E-state index in [1.54, 1.807) is 30.5 Å². The molecule has 1 aliphatic rings. The number of thiophene rings is 1. The SMILES string of the molecule is COCCN(CCOC)C(=O)CSc1nc(N)c2c3c(sc2n1)C[C@H](C)CC3. The Labute approximate surface area is 174 Å². The zero-order valence-corrected chi connectivity index (χ0v) is 18.3. The summed E-state index contributed by atoms with van der Waals surface area (Å²) in [4.78, 5) is 25.8. The molecule has 1 amide bonds. The van der Waals surface area contributed by atoms with E-state index in [9.17, 15) is 4.79 Å². The number of nitrogens with two attached hydrogens (primary N) is 1. The Hall–Kier alpha value is -1.42. The van der Waals surface area contributed by atoms with Crippen molar-refractivity contribution in [2.45, 2.75) is 31.3 Å². The number of anilines is 1. The highest BCUT2D eigenvalue weighted by Gasteiger charge is 2.23. The summed E-state index contributed by atoms with van der Waals surface area (Å²) in [5.74, 6) is 1.51. The van der Waals surface area contributed by atoms with Gasteiger partial charge in [0.25, 0.3) is 0 Å². The van der Waals surface area contributed by atoms with Crippen LogP contribution in [0.15, 0.2) is 5.16 Å². The third-order valence-electron chi connectivity index (χ3n) is 4.97. The van der Waals surface area contributed by atoms with Gasteiger partial charge in [-0.1, -0.05) is 18.7 Å². The number of nitrogens with zero attached hydrogens (tertiary/aromatic N) is 3. The Morgan fingerprint density at radius 2 is 2.00 bits per heavy atom. The molecule has 0 saturated heterocycles. The number of amides is 1. The quantitative estimate of drug-likeness (QED) is 0.489. The highest BCUT2D eigenvalue weighted by atomic mass is 32.2. The smallest absolute Gasteiger partial charge is 0.233 e. The Morgan fingerprint density at radius 1 is 1.29 bits per heavy atom. The fourth-order valence-electron chi connectivity index (χ4n) is 3.40. The second-order valence-electron chi connectivity index (χ2n) is 7.08. The van der Waals surface area contributed by atoms with Crippen molar-refractivity contribution < 1.29 is 14.3 Å². The van der Waals surface area contributed by atoms with Gasteiger partial charge in [0.05, 0.1) is 24.4 Å². The maximum Gasteiger partial charge on any atom is 0.233 e. The maximum absolute atomic E-state index is 12.6. The molecule has 0 spiro atoms. The average Bonchev–Trinajstić information content (AvgIpc) is 3.04. The number of aromatic nitrogens is 2. The predicted molar refractivity (Wildman–Crippen MR) is 114 cm³/mol. The molecule has 7 nitrogen and oxygen atoms in total. The van der Waals surface area contributed by atoms with Gasteiger partial charge in [-0.3, -0.25) is 4.79 Å². The lowest BCUT2D eigenvalue weighted by Gasteiger charge is -2.21. The number of nitrogen functional groups attached to an aromatic ring is 1. The first-order chi connectivity index (χ1) is 13.5. The summed E-state index contributed by atoms with van der Waals surface area (Å²) in [6.07, 6.45) is 3.32. The molecule has 3 rings (SSSR count). The van der Waals surface area contributed by atoms with Crippen molar-refractivity contribution >= 4 is 45.0 Å². The number of aryl methyl sites for hydroxylation is 1. The van der Waals surface area contributed by atoms with Gasteiger partial charge in [0, 0.05) is 32.2 Å². The number of ether oxygens (including phenoxy) is 2. The lowest BCUT2D eigenvalue weighted by molar-refractivity contribution is -0.129. The van der Waals surface area contributed by atoms with E-state index in [2.05, 4.69) is 11.9 Å². The van der Waals surface area contributed by atoms with Crippen LogP contribution in [0, 0.1) is 5.92 Å². The Kier molecular flexibility index (Phi) is 7.50. The summed E-state index contributed by atoms with van der Waals surface area (Å²) < 4.78 is 10.2. The van der Waals surface area contributed by atoms with Gasteiger partial charge in [0.2, 0.25) is 5.91 Å². The van der Waals surface area contributed by atoms with E-state index in [1.807, 2.05) is 0 Å². The molecule has 2 aromatic rings. The molecule has 1 atom stereocenters. The summed E-state index contributed by atoms with van der Waals surface area (Å²) in [7, 11) is 3.25. The van der Waals surface area contributed by atoms with Crippen LogP contribution in [0.2, 0.25) is 0 Å². The zero-order chi connectivity index (χ0) is 20.1. The Balaban J connectivity index is 1.71. The van der Waals surface area contributed by atoms with Gasteiger partial charge in [-0.2, -0.15) is 0 Å². The van der Waals surface area contributed by atoms with Crippen molar-refractivity contribution in [3.63, 3.8) is 0 Å². The molecule has 0 unspecified atom stereocenters. The second kappa shape index (κ2) is 9.87. The lowest BCUT2D eigenvalue weighted by Crippen LogP contribution is -2.37. The van der Waals surface area contributed by atoms with Crippen LogP contribution in [0.4, 0.5) is 5.82 Å². The number of hydrogen-bond acceptors (Lipinski definition) is 8. The average molecular weight is 425 g/mol. The van der Waals surface area contributed by atoms with Crippen molar-refractivity contribution in [3.05, 3.63) is 10.4 Å². The summed E-state index contributed by atoms with van der Waals surface area (Å²) in [5, 5.41) is 1.58. The van der Waals surface area contributed by atoms with Crippen LogP contribution in [-0.4, -0.2) is 67.1 Å². The van der Waals surface area contributed by atoms with Gasteiger partial charge in [0.1, 0.15) is 10.6 Å². The molecular weight excluding hydrogens is 396 g/mol. The maximum atomic E-state index is 12.6. The van der Waals surface area contributed by atoms with Gasteiger partial charge < -0.3 is 20.1 Å². The van der Waals surface area contributed by atoms with Crippen LogP contribution in [0.3, 0.4) is 0 Å². The molecule has 0 aromatic carbocycles. The summed E-state index contributed by atoms with van der Waals surface area (Å²) in [6, 6.07) is 0. The molecular formula is C19H28N4O3S2. The molecule has 2 N–H and O–H groups in total. The van der Waals surface area contributed by atoms with E-state index in [-0.39, 0.29) is 11.7 Å². The van der Waals surface area contributed by atoms with Crippen molar-refractivity contribution in [2.24, 2.45) is 5.92 Å². The number of hydrogen-bond donors (Lipinski definition) is 1. The van der Waals surface area contributed by atoms with Crippen molar-refractivity contribution in [1.29, 1.82) is 0 Å². The molecule has 2 aromatic heterocycles. The van der Waals surface area contributed by atoms with Crippen LogP contribution in [-0.2, 0) is 27.1 Å². The Morgan fingerprint density at radius 3 is 2.68 bits per heavy atom. The molecule has 0 radical (unpaired) electrons. The van der Waals surface area contributed by atoms with E-state index >= 15 is 0 Å². The summed E-state index contributed by atoms with van der Waals surface area (Å²) >= 11 is 3.05. The molecule has 28 heavy (non-hydrogen) atoms. The van der Waals surface area contributed by atoms with Crippen LogP contribution >= 0.6 is 23.1 Å². The van der Waals surface area contributed by atoms with Crippen LogP contribution < -0.4 is 5.73 Å². The van der Waals surface area contributed by atoms with Crippen molar-refractivity contribution in [3.8, 4) is 0 Å². The van der Waals surface area contributed by atoms with Crippen LogP contribution in [0.25, 0.3) is 10.2 Å². The van der Waals surface area contributed by atoms with E-state index in [0.717, 1.165) is 23.1 Å². The first-order valence-corrected chi connectivity index (χ1v) is 11.3. The molecule has 2 heterocycles. The lowest BCUT2D eigenvalue weighted by atomic mass is 9.89. The highest BCUT2D eigenvalue weighted by Crippen LogP contribution is 2.39.